The van der Waals surface area contributed by atoms with Crippen LogP contribution in [0, 0.1) is 11.8 Å². The number of rotatable bonds is 4. The van der Waals surface area contributed by atoms with Crippen LogP contribution in [0.4, 0.5) is 18.0 Å². The molecule has 8 heteroatoms. The molecule has 21 heavy (non-hydrogen) atoms. The maximum atomic E-state index is 13.0. The summed E-state index contributed by atoms with van der Waals surface area (Å²) in [5.41, 5.74) is -1.32. The molecule has 1 unspecified atom stereocenters. The van der Waals surface area contributed by atoms with E-state index in [1.165, 1.54) is 6.92 Å². The first-order chi connectivity index (χ1) is 9.65. The topological polar surface area (TPSA) is 64.6 Å². The van der Waals surface area contributed by atoms with Crippen molar-refractivity contribution in [2.45, 2.75) is 39.8 Å². The Kier molecular flexibility index (Phi) is 5.62. The molecule has 0 radical (unpaired) electrons. The maximum absolute atomic E-state index is 13.0. The molecule has 0 aromatic carbocycles. The number of carbonyl (C=O) groups is 2. The average Bonchev–Trinajstić information content (AvgIpc) is 2.30. The van der Waals surface area contributed by atoms with Gasteiger partial charge < -0.3 is 14.8 Å². The molecule has 1 heterocycles. The summed E-state index contributed by atoms with van der Waals surface area (Å²) in [6.45, 7) is 5.10. The summed E-state index contributed by atoms with van der Waals surface area (Å²) in [5, 5.41) is 1.74. The summed E-state index contributed by atoms with van der Waals surface area (Å²) in [6.07, 6.45) is -5.89. The third-order valence-corrected chi connectivity index (χ3v) is 2.81. The molecular formula is C13H18F3NO4. The van der Waals surface area contributed by atoms with Crippen molar-refractivity contribution in [1.82, 2.24) is 5.32 Å². The van der Waals surface area contributed by atoms with Crippen LogP contribution in [0.25, 0.3) is 0 Å². The van der Waals surface area contributed by atoms with Gasteiger partial charge in [0, 0.05) is 12.3 Å². The van der Waals surface area contributed by atoms with E-state index in [4.69, 9.17) is 4.74 Å². The van der Waals surface area contributed by atoms with E-state index >= 15 is 0 Å². The van der Waals surface area contributed by atoms with Crippen LogP contribution >= 0.6 is 0 Å². The first-order valence-corrected chi connectivity index (χ1v) is 6.61. The summed E-state index contributed by atoms with van der Waals surface area (Å²) in [4.78, 5) is 22.8. The van der Waals surface area contributed by atoms with Gasteiger partial charge in [-0.3, -0.25) is 4.79 Å². The van der Waals surface area contributed by atoms with Crippen LogP contribution in [-0.4, -0.2) is 24.8 Å². The van der Waals surface area contributed by atoms with Gasteiger partial charge in [-0.25, -0.2) is 4.79 Å². The molecule has 1 aliphatic heterocycles. The van der Waals surface area contributed by atoms with E-state index in [-0.39, 0.29) is 18.9 Å². The average molecular weight is 309 g/mol. The molecule has 0 bridgehead atoms. The van der Waals surface area contributed by atoms with Crippen LogP contribution in [0.15, 0.2) is 11.5 Å². The molecule has 0 aliphatic carbocycles. The number of halogens is 3. The van der Waals surface area contributed by atoms with Gasteiger partial charge in [0.1, 0.15) is 5.76 Å². The van der Waals surface area contributed by atoms with Gasteiger partial charge >= 0.3 is 12.3 Å². The minimum atomic E-state index is -4.81. The predicted molar refractivity (Wildman–Crippen MR) is 66.9 cm³/mol. The van der Waals surface area contributed by atoms with Crippen LogP contribution in [0.2, 0.25) is 0 Å². The Hall–Kier alpha value is -1.73. The molecular weight excluding hydrogens is 291 g/mol. The van der Waals surface area contributed by atoms with Gasteiger partial charge in [0.25, 0.3) is 0 Å². The molecule has 1 N–H and O–H groups in total. The number of alkyl halides is 3. The Labute approximate surface area is 120 Å². The summed E-state index contributed by atoms with van der Waals surface area (Å²) in [5.74, 6) is -2.09. The first-order valence-electron chi connectivity index (χ1n) is 6.61. The molecule has 0 spiro atoms. The summed E-state index contributed by atoms with van der Waals surface area (Å²) >= 11 is 0. The van der Waals surface area contributed by atoms with Gasteiger partial charge in [0.2, 0.25) is 5.91 Å². The van der Waals surface area contributed by atoms with E-state index in [1.807, 2.05) is 13.8 Å². The zero-order chi connectivity index (χ0) is 16.2. The molecule has 1 atom stereocenters. The van der Waals surface area contributed by atoms with E-state index in [1.54, 1.807) is 5.32 Å². The molecule has 1 aliphatic rings. The van der Waals surface area contributed by atoms with E-state index in [0.29, 0.717) is 6.42 Å². The maximum Gasteiger partial charge on any atom is 0.513 e. The fraction of sp³-hybridized carbons (Fsp3) is 0.692. The fourth-order valence-corrected chi connectivity index (χ4v) is 2.11. The third-order valence-electron chi connectivity index (χ3n) is 2.81. The lowest BCUT2D eigenvalue weighted by molar-refractivity contribution is -0.131. The van der Waals surface area contributed by atoms with Crippen molar-refractivity contribution in [3.05, 3.63) is 11.5 Å². The smallest absolute Gasteiger partial charge is 0.434 e. The zero-order valence-corrected chi connectivity index (χ0v) is 12.0. The van der Waals surface area contributed by atoms with Gasteiger partial charge in [-0.2, -0.15) is 13.2 Å². The van der Waals surface area contributed by atoms with Crippen molar-refractivity contribution in [3.8, 4) is 0 Å². The zero-order valence-electron chi connectivity index (χ0n) is 12.0. The lowest BCUT2D eigenvalue weighted by Crippen LogP contribution is -2.40. The van der Waals surface area contributed by atoms with Gasteiger partial charge in [-0.15, -0.1) is 0 Å². The van der Waals surface area contributed by atoms with Gasteiger partial charge in [-0.1, -0.05) is 13.8 Å². The monoisotopic (exact) mass is 309 g/mol. The van der Waals surface area contributed by atoms with Crippen molar-refractivity contribution in [1.29, 1.82) is 0 Å². The molecule has 120 valence electrons. The van der Waals surface area contributed by atoms with E-state index in [0.717, 1.165) is 0 Å². The molecule has 1 amide bonds. The Morgan fingerprint density at radius 3 is 2.52 bits per heavy atom. The van der Waals surface area contributed by atoms with Gasteiger partial charge in [0.15, 0.2) is 5.70 Å². The Morgan fingerprint density at radius 1 is 1.43 bits per heavy atom. The quantitative estimate of drug-likeness (QED) is 0.810. The minimum absolute atomic E-state index is 0.0192. The Balaban J connectivity index is 3.16. The third kappa shape index (κ3) is 4.95. The largest absolute Gasteiger partial charge is 0.513 e. The van der Waals surface area contributed by atoms with Crippen LogP contribution in [-0.2, 0) is 14.3 Å². The van der Waals surface area contributed by atoms with Crippen molar-refractivity contribution in [2.24, 2.45) is 11.8 Å². The van der Waals surface area contributed by atoms with Crippen molar-refractivity contribution < 1.29 is 32.2 Å². The molecule has 0 aromatic heterocycles. The Bertz CT molecular complexity index is 443. The molecule has 0 saturated heterocycles. The molecule has 5 nitrogen and oxygen atoms in total. The second-order valence-corrected chi connectivity index (χ2v) is 5.10. The standard InChI is InChI=1S/C13H18F3NO4/c1-4-20-12(19)21-10-8(5-7(2)3)6-9(18)17-11(10)13(14,15)16/h7-8H,4-6H2,1-3H3,(H,17,18). The first kappa shape index (κ1) is 17.3. The van der Waals surface area contributed by atoms with E-state index in [9.17, 15) is 22.8 Å². The highest BCUT2D eigenvalue weighted by atomic mass is 19.4. The Morgan fingerprint density at radius 2 is 2.05 bits per heavy atom. The van der Waals surface area contributed by atoms with Crippen molar-refractivity contribution >= 4 is 12.1 Å². The van der Waals surface area contributed by atoms with Gasteiger partial charge in [-0.05, 0) is 19.3 Å². The van der Waals surface area contributed by atoms with Crippen molar-refractivity contribution in [2.75, 3.05) is 6.61 Å². The lowest BCUT2D eigenvalue weighted by Gasteiger charge is -2.29. The minimum Gasteiger partial charge on any atom is -0.434 e. The lowest BCUT2D eigenvalue weighted by atomic mass is 9.89. The predicted octanol–water partition coefficient (Wildman–Crippen LogP) is 3.12. The number of hydrogen-bond donors (Lipinski definition) is 1. The summed E-state index contributed by atoms with van der Waals surface area (Å²) in [7, 11) is 0. The van der Waals surface area contributed by atoms with E-state index < -0.39 is 35.6 Å². The molecule has 1 rings (SSSR count). The molecule has 0 fully saturated rings. The number of hydrogen-bond acceptors (Lipinski definition) is 4. The molecule has 0 saturated carbocycles. The second-order valence-electron chi connectivity index (χ2n) is 5.10. The number of allylic oxidation sites excluding steroid dienone is 2. The highest BCUT2D eigenvalue weighted by Crippen LogP contribution is 2.36. The SMILES string of the molecule is CCOC(=O)OC1=C(C(F)(F)F)NC(=O)CC1CC(C)C. The van der Waals surface area contributed by atoms with Crippen molar-refractivity contribution in [3.63, 3.8) is 0 Å². The number of nitrogens with one attached hydrogen (secondary N) is 1. The van der Waals surface area contributed by atoms with Crippen LogP contribution in [0.5, 0.6) is 0 Å². The number of amides is 1. The number of ether oxygens (including phenoxy) is 2. The van der Waals surface area contributed by atoms with Crippen LogP contribution < -0.4 is 5.32 Å². The normalized spacial score (nSPS) is 19.6. The van der Waals surface area contributed by atoms with E-state index in [2.05, 4.69) is 4.74 Å². The van der Waals surface area contributed by atoms with Gasteiger partial charge in [0.05, 0.1) is 6.61 Å². The highest BCUT2D eigenvalue weighted by Gasteiger charge is 2.44. The summed E-state index contributed by atoms with van der Waals surface area (Å²) < 4.78 is 48.2. The second kappa shape index (κ2) is 6.82. The molecule has 0 aromatic rings. The number of carbonyl (C=O) groups excluding carboxylic acids is 2. The fourth-order valence-electron chi connectivity index (χ4n) is 2.11. The summed E-state index contributed by atoms with van der Waals surface area (Å²) in [6, 6.07) is 0. The highest BCUT2D eigenvalue weighted by molar-refractivity contribution is 5.80. The van der Waals surface area contributed by atoms with Crippen LogP contribution in [0.3, 0.4) is 0 Å². The van der Waals surface area contributed by atoms with Crippen LogP contribution in [0.1, 0.15) is 33.6 Å².